The van der Waals surface area contributed by atoms with Crippen molar-refractivity contribution in [2.24, 2.45) is 10.8 Å². The lowest BCUT2D eigenvalue weighted by atomic mass is 10.0. The summed E-state index contributed by atoms with van der Waals surface area (Å²) in [6.07, 6.45) is -1.46. The second kappa shape index (κ2) is 14.0. The minimum Gasteiger partial charge on any atom is -0.481 e. The third-order valence-electron chi connectivity index (χ3n) is 4.58. The Morgan fingerprint density at radius 1 is 1.03 bits per heavy atom. The van der Waals surface area contributed by atoms with Gasteiger partial charge < -0.3 is 35.7 Å². The third-order valence-corrected chi connectivity index (χ3v) is 4.58. The Hall–Kier alpha value is -5.12. The van der Waals surface area contributed by atoms with E-state index < -0.39 is 36.0 Å². The van der Waals surface area contributed by atoms with Crippen molar-refractivity contribution in [3.63, 3.8) is 0 Å². The molecule has 0 saturated heterocycles. The Balaban J connectivity index is 0.000000673. The molecule has 0 saturated carbocycles. The maximum Gasteiger partial charge on any atom is 0.490 e. The summed E-state index contributed by atoms with van der Waals surface area (Å²) in [4.78, 5) is 49.0. The van der Waals surface area contributed by atoms with Crippen LogP contribution >= 0.6 is 0 Å². The Bertz CT molecular complexity index is 1270. The molecule has 0 radical (unpaired) electrons. The molecule has 1 heterocycles. The second-order valence-electron chi connectivity index (χ2n) is 7.39. The fourth-order valence-electron chi connectivity index (χ4n) is 2.91. The summed E-state index contributed by atoms with van der Waals surface area (Å²) in [6.45, 7) is -0.347. The molecule has 1 aliphatic rings. The van der Waals surface area contributed by atoms with Crippen LogP contribution in [-0.2, 0) is 14.4 Å². The quantitative estimate of drug-likeness (QED) is 0.115. The molecule has 0 bridgehead atoms. The number of carboxylic acid groups (broad SMARTS) is 2. The number of rotatable bonds is 9. The van der Waals surface area contributed by atoms with Crippen LogP contribution in [0.5, 0.6) is 11.5 Å². The summed E-state index contributed by atoms with van der Waals surface area (Å²) in [5, 5.41) is 21.5. The SMILES string of the molecule is NNC=Nc1cccc(C(=O)NCC(=O)NC(CC(=O)O)c2ccc3c(c2)OC=CO3)c1.O=C(O)C(F)(F)F. The number of carbonyl (C=O) groups is 4. The number of nitrogens with two attached hydrogens (primary N) is 1. The monoisotopic (exact) mass is 553 g/mol. The molecule has 13 nitrogen and oxygen atoms in total. The number of aliphatic imine (C=N–C) groups is 1. The molecule has 0 aromatic heterocycles. The van der Waals surface area contributed by atoms with Crippen LogP contribution in [0.1, 0.15) is 28.4 Å². The number of hydrazine groups is 1. The zero-order valence-electron chi connectivity index (χ0n) is 19.8. The van der Waals surface area contributed by atoms with Crippen molar-refractivity contribution in [2.45, 2.75) is 18.6 Å². The third kappa shape index (κ3) is 10.0. The van der Waals surface area contributed by atoms with Crippen molar-refractivity contribution in [3.8, 4) is 11.5 Å². The van der Waals surface area contributed by atoms with Crippen LogP contribution in [0.15, 0.2) is 60.0 Å². The van der Waals surface area contributed by atoms with Gasteiger partial charge in [-0.05, 0) is 35.9 Å². The number of halogens is 3. The summed E-state index contributed by atoms with van der Waals surface area (Å²) >= 11 is 0. The predicted molar refractivity (Wildman–Crippen MR) is 128 cm³/mol. The lowest BCUT2D eigenvalue weighted by Crippen LogP contribution is -2.39. The van der Waals surface area contributed by atoms with E-state index in [0.29, 0.717) is 28.3 Å². The lowest BCUT2D eigenvalue weighted by Gasteiger charge is -2.20. The zero-order chi connectivity index (χ0) is 29.0. The van der Waals surface area contributed by atoms with E-state index in [4.69, 9.17) is 25.2 Å². The maximum atomic E-state index is 12.4. The molecule has 2 aromatic carbocycles. The molecular weight excluding hydrogens is 531 g/mol. The molecule has 3 rings (SSSR count). The number of hydrogen-bond donors (Lipinski definition) is 6. The number of carboxylic acids is 2. The number of alkyl halides is 3. The molecule has 1 atom stereocenters. The first-order chi connectivity index (χ1) is 18.4. The van der Waals surface area contributed by atoms with Gasteiger partial charge in [0.15, 0.2) is 11.5 Å². The van der Waals surface area contributed by atoms with Crippen molar-refractivity contribution in [1.82, 2.24) is 16.1 Å². The number of ether oxygens (including phenoxy) is 2. The minimum absolute atomic E-state index is 0.298. The van der Waals surface area contributed by atoms with Gasteiger partial charge in [0, 0.05) is 5.56 Å². The van der Waals surface area contributed by atoms with E-state index in [1.165, 1.54) is 24.9 Å². The topological polar surface area (TPSA) is 202 Å². The molecule has 39 heavy (non-hydrogen) atoms. The van der Waals surface area contributed by atoms with E-state index in [0.717, 1.165) is 0 Å². The summed E-state index contributed by atoms with van der Waals surface area (Å²) in [5.74, 6) is 1.10. The van der Waals surface area contributed by atoms with Crippen molar-refractivity contribution in [3.05, 3.63) is 66.1 Å². The molecule has 7 N–H and O–H groups in total. The van der Waals surface area contributed by atoms with E-state index in [9.17, 15) is 32.7 Å². The van der Waals surface area contributed by atoms with Gasteiger partial charge in [-0.1, -0.05) is 12.1 Å². The molecule has 16 heteroatoms. The number of amides is 2. The van der Waals surface area contributed by atoms with E-state index in [2.05, 4.69) is 21.1 Å². The Kier molecular flexibility index (Phi) is 10.8. The maximum absolute atomic E-state index is 12.4. The van der Waals surface area contributed by atoms with Crippen LogP contribution in [0.4, 0.5) is 18.9 Å². The van der Waals surface area contributed by atoms with Crippen LogP contribution in [0.2, 0.25) is 0 Å². The summed E-state index contributed by atoms with van der Waals surface area (Å²) in [6, 6.07) is 10.4. The molecule has 0 aliphatic carbocycles. The number of aliphatic carboxylic acids is 2. The molecule has 1 aliphatic heterocycles. The number of nitrogens with one attached hydrogen (secondary N) is 3. The van der Waals surface area contributed by atoms with Gasteiger partial charge >= 0.3 is 18.1 Å². The largest absolute Gasteiger partial charge is 0.490 e. The second-order valence-corrected chi connectivity index (χ2v) is 7.39. The number of hydrogen-bond acceptors (Lipinski definition) is 8. The smallest absolute Gasteiger partial charge is 0.481 e. The number of carbonyl (C=O) groups excluding carboxylic acids is 2. The van der Waals surface area contributed by atoms with Crippen LogP contribution in [0.3, 0.4) is 0 Å². The summed E-state index contributed by atoms with van der Waals surface area (Å²) < 4.78 is 42.4. The molecule has 1 unspecified atom stereocenters. The molecule has 2 aromatic rings. The van der Waals surface area contributed by atoms with Crippen molar-refractivity contribution in [2.75, 3.05) is 6.54 Å². The van der Waals surface area contributed by atoms with Crippen molar-refractivity contribution >= 4 is 35.8 Å². The van der Waals surface area contributed by atoms with Crippen LogP contribution in [0.25, 0.3) is 0 Å². The van der Waals surface area contributed by atoms with Gasteiger partial charge in [0.1, 0.15) is 18.9 Å². The zero-order valence-corrected chi connectivity index (χ0v) is 19.8. The van der Waals surface area contributed by atoms with Crippen molar-refractivity contribution < 1.29 is 52.0 Å². The average Bonchev–Trinajstić information content (AvgIpc) is 2.89. The molecular formula is C23H22F3N5O8. The van der Waals surface area contributed by atoms with Crippen LogP contribution in [-0.4, -0.2) is 53.0 Å². The summed E-state index contributed by atoms with van der Waals surface area (Å²) in [7, 11) is 0. The Morgan fingerprint density at radius 3 is 2.31 bits per heavy atom. The number of nitrogens with zero attached hydrogens (tertiary/aromatic N) is 1. The molecule has 0 fully saturated rings. The first-order valence-electron chi connectivity index (χ1n) is 10.7. The highest BCUT2D eigenvalue weighted by molar-refractivity contribution is 5.97. The fraction of sp³-hybridized carbons (Fsp3) is 0.174. The fourth-order valence-corrected chi connectivity index (χ4v) is 2.91. The standard InChI is InChI=1S/C21H21N5O6.C2HF3O2/c22-25-12-24-15-3-1-2-14(8-15)21(30)23-11-19(27)26-16(10-20(28)29)13-4-5-17-18(9-13)32-7-6-31-17;3-2(4,5)1(6)7/h1-9,12,16H,10-11,22H2,(H,23,30)(H,24,25)(H,26,27)(H,28,29);(H,6,7). The van der Waals surface area contributed by atoms with Gasteiger partial charge in [0.2, 0.25) is 5.91 Å². The first-order valence-corrected chi connectivity index (χ1v) is 10.7. The molecule has 208 valence electrons. The highest BCUT2D eigenvalue weighted by Crippen LogP contribution is 2.33. The molecule has 2 amide bonds. The Labute approximate surface area is 218 Å². The van der Waals surface area contributed by atoms with E-state index in [1.807, 2.05) is 0 Å². The first kappa shape index (κ1) is 30.1. The van der Waals surface area contributed by atoms with Crippen LogP contribution in [0, 0.1) is 0 Å². The van der Waals surface area contributed by atoms with E-state index in [1.54, 1.807) is 36.4 Å². The van der Waals surface area contributed by atoms with E-state index in [-0.39, 0.29) is 13.0 Å². The average molecular weight is 553 g/mol. The van der Waals surface area contributed by atoms with Gasteiger partial charge in [-0.2, -0.15) is 13.2 Å². The van der Waals surface area contributed by atoms with Crippen molar-refractivity contribution in [1.29, 1.82) is 0 Å². The van der Waals surface area contributed by atoms with Gasteiger partial charge in [0.25, 0.3) is 5.91 Å². The van der Waals surface area contributed by atoms with Gasteiger partial charge in [-0.15, -0.1) is 0 Å². The molecule has 0 spiro atoms. The van der Waals surface area contributed by atoms with Gasteiger partial charge in [-0.25, -0.2) is 15.6 Å². The predicted octanol–water partition coefficient (Wildman–Crippen LogP) is 1.75. The highest BCUT2D eigenvalue weighted by Gasteiger charge is 2.38. The van der Waals surface area contributed by atoms with Gasteiger partial charge in [0.05, 0.1) is 24.7 Å². The van der Waals surface area contributed by atoms with Crippen LogP contribution < -0.4 is 31.4 Å². The highest BCUT2D eigenvalue weighted by atomic mass is 19.4. The lowest BCUT2D eigenvalue weighted by molar-refractivity contribution is -0.192. The van der Waals surface area contributed by atoms with Gasteiger partial charge in [-0.3, -0.25) is 14.4 Å². The normalized spacial score (nSPS) is 12.5. The Morgan fingerprint density at radius 2 is 1.69 bits per heavy atom. The minimum atomic E-state index is -5.08. The number of fused-ring (bicyclic) bond motifs is 1. The summed E-state index contributed by atoms with van der Waals surface area (Å²) in [5.41, 5.74) is 3.57. The number of benzene rings is 2. The van der Waals surface area contributed by atoms with E-state index >= 15 is 0 Å².